The average Bonchev–Trinajstić information content (AvgIpc) is 2.46. The molecule has 0 atom stereocenters. The van der Waals surface area contributed by atoms with Crippen molar-refractivity contribution >= 4 is 12.1 Å². The highest BCUT2D eigenvalue weighted by atomic mass is 16.1. The van der Waals surface area contributed by atoms with Crippen molar-refractivity contribution in [1.82, 2.24) is 0 Å². The normalized spacial score (nSPS) is 10.1. The lowest BCUT2D eigenvalue weighted by Gasteiger charge is -2.04. The van der Waals surface area contributed by atoms with Crippen LogP contribution in [0.5, 0.6) is 0 Å². The Bertz CT molecular complexity index is 558. The zero-order chi connectivity index (χ0) is 13.5. The minimum absolute atomic E-state index is 0.201. The third-order valence-electron chi connectivity index (χ3n) is 3.10. The summed E-state index contributed by atoms with van der Waals surface area (Å²) in [4.78, 5) is 22.8. The van der Waals surface area contributed by atoms with Crippen molar-refractivity contribution < 1.29 is 9.59 Å². The van der Waals surface area contributed by atoms with E-state index in [1.54, 1.807) is 6.07 Å². The van der Waals surface area contributed by atoms with Crippen molar-refractivity contribution in [3.63, 3.8) is 0 Å². The van der Waals surface area contributed by atoms with E-state index in [9.17, 15) is 9.59 Å². The summed E-state index contributed by atoms with van der Waals surface area (Å²) < 4.78 is 0. The van der Waals surface area contributed by atoms with Gasteiger partial charge in [-0.2, -0.15) is 0 Å². The highest BCUT2D eigenvalue weighted by Gasteiger charge is 2.06. The molecular weight excluding hydrogens is 236 g/mol. The Morgan fingerprint density at radius 1 is 0.947 bits per heavy atom. The summed E-state index contributed by atoms with van der Waals surface area (Å²) in [6.07, 6.45) is 2.40. The first-order chi connectivity index (χ1) is 9.29. The van der Waals surface area contributed by atoms with E-state index in [0.29, 0.717) is 24.8 Å². The van der Waals surface area contributed by atoms with Crippen LogP contribution in [0.4, 0.5) is 0 Å². The Balaban J connectivity index is 1.92. The molecule has 0 amide bonds. The van der Waals surface area contributed by atoms with Crippen molar-refractivity contribution in [3.8, 4) is 0 Å². The van der Waals surface area contributed by atoms with Gasteiger partial charge in [0.1, 0.15) is 12.1 Å². The van der Waals surface area contributed by atoms with E-state index in [2.05, 4.69) is 0 Å². The van der Waals surface area contributed by atoms with Crippen LogP contribution in [0.1, 0.15) is 27.9 Å². The van der Waals surface area contributed by atoms with Crippen LogP contribution in [-0.2, 0) is 17.6 Å². The molecule has 0 radical (unpaired) electrons. The molecule has 0 heterocycles. The van der Waals surface area contributed by atoms with E-state index in [1.807, 2.05) is 48.5 Å². The van der Waals surface area contributed by atoms with Gasteiger partial charge in [-0.15, -0.1) is 0 Å². The van der Waals surface area contributed by atoms with Gasteiger partial charge < -0.3 is 0 Å². The molecule has 2 rings (SSSR count). The Hall–Kier alpha value is -2.22. The lowest BCUT2D eigenvalue weighted by molar-refractivity contribution is -0.118. The summed E-state index contributed by atoms with van der Waals surface area (Å²) in [6.45, 7) is 0. The fourth-order valence-electron chi connectivity index (χ4n) is 2.06. The number of hydrogen-bond acceptors (Lipinski definition) is 2. The van der Waals surface area contributed by atoms with Crippen molar-refractivity contribution in [2.75, 3.05) is 0 Å². The smallest absolute Gasteiger partial charge is 0.150 e. The molecule has 0 aliphatic carbocycles. The molecular formula is C17H16O2. The third kappa shape index (κ3) is 3.88. The topological polar surface area (TPSA) is 34.1 Å². The maximum absolute atomic E-state index is 11.9. The molecule has 2 aromatic rings. The fourth-order valence-corrected chi connectivity index (χ4v) is 2.06. The van der Waals surface area contributed by atoms with Gasteiger partial charge in [-0.1, -0.05) is 54.6 Å². The molecule has 0 N–H and O–H groups in total. The SMILES string of the molecule is O=Cc1ccccc1CCC(=O)Cc1ccccc1. The molecule has 0 unspecified atom stereocenters. The number of hydrogen-bond donors (Lipinski definition) is 0. The van der Waals surface area contributed by atoms with E-state index < -0.39 is 0 Å². The first-order valence-corrected chi connectivity index (χ1v) is 6.38. The van der Waals surface area contributed by atoms with Crippen molar-refractivity contribution in [2.24, 2.45) is 0 Å². The maximum Gasteiger partial charge on any atom is 0.150 e. The molecule has 0 spiro atoms. The lowest BCUT2D eigenvalue weighted by Crippen LogP contribution is -2.05. The van der Waals surface area contributed by atoms with E-state index in [-0.39, 0.29) is 5.78 Å². The van der Waals surface area contributed by atoms with Gasteiger partial charge in [-0.25, -0.2) is 0 Å². The molecule has 0 fully saturated rings. The molecule has 0 bridgehead atoms. The van der Waals surface area contributed by atoms with E-state index in [4.69, 9.17) is 0 Å². The first-order valence-electron chi connectivity index (χ1n) is 6.38. The molecule has 0 saturated heterocycles. The lowest BCUT2D eigenvalue weighted by atomic mass is 10.00. The van der Waals surface area contributed by atoms with Crippen LogP contribution in [0.3, 0.4) is 0 Å². The number of carbonyl (C=O) groups is 2. The minimum Gasteiger partial charge on any atom is -0.299 e. The number of Topliss-reactive ketones (excluding diaryl/α,β-unsaturated/α-hetero) is 1. The van der Waals surface area contributed by atoms with Crippen LogP contribution in [0.2, 0.25) is 0 Å². The Labute approximate surface area is 113 Å². The predicted octanol–water partition coefficient (Wildman–Crippen LogP) is 3.24. The van der Waals surface area contributed by atoms with Gasteiger partial charge in [-0.05, 0) is 17.5 Å². The zero-order valence-electron chi connectivity index (χ0n) is 10.7. The van der Waals surface area contributed by atoms with Crippen molar-refractivity contribution in [1.29, 1.82) is 0 Å². The second-order valence-corrected chi connectivity index (χ2v) is 4.52. The number of rotatable bonds is 6. The van der Waals surface area contributed by atoms with Gasteiger partial charge in [0.05, 0.1) is 0 Å². The number of carbonyl (C=O) groups excluding carboxylic acids is 2. The number of benzene rings is 2. The quantitative estimate of drug-likeness (QED) is 0.740. The summed E-state index contributed by atoms with van der Waals surface area (Å²) >= 11 is 0. The van der Waals surface area contributed by atoms with Crippen molar-refractivity contribution in [3.05, 3.63) is 71.3 Å². The summed E-state index contributed by atoms with van der Waals surface area (Å²) in [5.41, 5.74) is 2.66. The number of aldehydes is 1. The largest absolute Gasteiger partial charge is 0.299 e. The Kier molecular flexibility index (Phi) is 4.62. The molecule has 2 aromatic carbocycles. The van der Waals surface area contributed by atoms with E-state index in [1.165, 1.54) is 0 Å². The molecule has 96 valence electrons. The van der Waals surface area contributed by atoms with Crippen molar-refractivity contribution in [2.45, 2.75) is 19.3 Å². The summed E-state index contributed by atoms with van der Waals surface area (Å²) in [5.74, 6) is 0.201. The third-order valence-corrected chi connectivity index (χ3v) is 3.10. The number of aryl methyl sites for hydroxylation is 1. The first kappa shape index (κ1) is 13.2. The monoisotopic (exact) mass is 252 g/mol. The van der Waals surface area contributed by atoms with Crippen LogP contribution >= 0.6 is 0 Å². The summed E-state index contributed by atoms with van der Waals surface area (Å²) in [5, 5.41) is 0. The predicted molar refractivity (Wildman–Crippen MR) is 75.3 cm³/mol. The van der Waals surface area contributed by atoms with Gasteiger partial charge in [-0.3, -0.25) is 9.59 Å². The molecule has 0 saturated carbocycles. The second kappa shape index (κ2) is 6.64. The molecule has 19 heavy (non-hydrogen) atoms. The highest BCUT2D eigenvalue weighted by molar-refractivity contribution is 5.82. The maximum atomic E-state index is 11.9. The van der Waals surface area contributed by atoms with Crippen LogP contribution in [-0.4, -0.2) is 12.1 Å². The van der Waals surface area contributed by atoms with E-state index >= 15 is 0 Å². The summed E-state index contributed by atoms with van der Waals surface area (Å²) in [7, 11) is 0. The highest BCUT2D eigenvalue weighted by Crippen LogP contribution is 2.10. The standard InChI is InChI=1S/C17H16O2/c18-13-16-9-5-4-8-15(16)10-11-17(19)12-14-6-2-1-3-7-14/h1-9,13H,10-12H2. The fraction of sp³-hybridized carbons (Fsp3) is 0.176. The van der Waals surface area contributed by atoms with Gasteiger partial charge >= 0.3 is 0 Å². The van der Waals surface area contributed by atoms with Gasteiger partial charge in [0.2, 0.25) is 0 Å². The molecule has 2 nitrogen and oxygen atoms in total. The van der Waals surface area contributed by atoms with Gasteiger partial charge in [0.15, 0.2) is 0 Å². The van der Waals surface area contributed by atoms with Gasteiger partial charge in [0.25, 0.3) is 0 Å². The molecule has 0 aliphatic heterocycles. The van der Waals surface area contributed by atoms with Crippen LogP contribution in [0.15, 0.2) is 54.6 Å². The van der Waals surface area contributed by atoms with Crippen LogP contribution < -0.4 is 0 Å². The zero-order valence-corrected chi connectivity index (χ0v) is 10.7. The van der Waals surface area contributed by atoms with Gasteiger partial charge in [0, 0.05) is 18.4 Å². The van der Waals surface area contributed by atoms with Crippen LogP contribution in [0, 0.1) is 0 Å². The van der Waals surface area contributed by atoms with E-state index in [0.717, 1.165) is 17.4 Å². The second-order valence-electron chi connectivity index (χ2n) is 4.52. The molecule has 0 aliphatic rings. The summed E-state index contributed by atoms with van der Waals surface area (Å²) in [6, 6.07) is 17.1. The minimum atomic E-state index is 0.201. The Morgan fingerprint density at radius 3 is 2.37 bits per heavy atom. The van der Waals surface area contributed by atoms with Crippen LogP contribution in [0.25, 0.3) is 0 Å². The number of ketones is 1. The molecule has 2 heteroatoms. The molecule has 0 aromatic heterocycles. The Morgan fingerprint density at radius 2 is 1.63 bits per heavy atom. The average molecular weight is 252 g/mol.